The summed E-state index contributed by atoms with van der Waals surface area (Å²) in [5.41, 5.74) is 0. The molecule has 0 aliphatic heterocycles. The molecule has 2 atom stereocenters. The van der Waals surface area contributed by atoms with Crippen LogP contribution in [0.3, 0.4) is 0 Å². The molecule has 0 spiro atoms. The highest BCUT2D eigenvalue weighted by molar-refractivity contribution is 9.09. The van der Waals surface area contributed by atoms with Gasteiger partial charge in [0.1, 0.15) is 0 Å². The molecule has 80 valence electrons. The van der Waals surface area contributed by atoms with Crippen LogP contribution >= 0.6 is 15.9 Å². The summed E-state index contributed by atoms with van der Waals surface area (Å²) >= 11 is 3.55. The van der Waals surface area contributed by atoms with Gasteiger partial charge in [-0.3, -0.25) is 0 Å². The van der Waals surface area contributed by atoms with E-state index in [-0.39, 0.29) is 0 Å². The van der Waals surface area contributed by atoms with Gasteiger partial charge in [-0.15, -0.1) is 0 Å². The van der Waals surface area contributed by atoms with E-state index in [0.717, 1.165) is 18.9 Å². The van der Waals surface area contributed by atoms with Gasteiger partial charge in [-0.2, -0.15) is 0 Å². The predicted molar refractivity (Wildman–Crippen MR) is 64.0 cm³/mol. The van der Waals surface area contributed by atoms with Crippen molar-refractivity contribution in [3.8, 4) is 0 Å². The topological polar surface area (TPSA) is 29.9 Å². The Kier molecular flexibility index (Phi) is 4.45. The van der Waals surface area contributed by atoms with Gasteiger partial charge in [0.2, 0.25) is 5.95 Å². The summed E-state index contributed by atoms with van der Waals surface area (Å²) in [5.74, 6) is 0.966. The summed E-state index contributed by atoms with van der Waals surface area (Å²) < 4.78 is 2.11. The summed E-state index contributed by atoms with van der Waals surface area (Å²) in [4.78, 5) is 4.81. The lowest BCUT2D eigenvalue weighted by Crippen LogP contribution is -2.20. The van der Waals surface area contributed by atoms with Crippen molar-refractivity contribution in [1.29, 1.82) is 0 Å². The van der Waals surface area contributed by atoms with Gasteiger partial charge in [0, 0.05) is 29.8 Å². The standard InChI is InChI=1S/C10H18BrN3/c1-4-14-6-5-12-10(14)13-9(3)7-8(2)11/h5-6,8-9H,4,7H2,1-3H3,(H,12,13). The second kappa shape index (κ2) is 5.39. The Morgan fingerprint density at radius 1 is 1.57 bits per heavy atom. The zero-order chi connectivity index (χ0) is 10.6. The van der Waals surface area contributed by atoms with Crippen molar-refractivity contribution in [2.75, 3.05) is 5.32 Å². The molecule has 0 fully saturated rings. The third-order valence-electron chi connectivity index (χ3n) is 2.11. The molecule has 0 saturated carbocycles. The number of halogens is 1. The molecule has 0 aliphatic carbocycles. The van der Waals surface area contributed by atoms with Crippen LogP contribution < -0.4 is 5.32 Å². The van der Waals surface area contributed by atoms with E-state index in [1.165, 1.54) is 0 Å². The van der Waals surface area contributed by atoms with Crippen LogP contribution in [0, 0.1) is 0 Å². The van der Waals surface area contributed by atoms with Gasteiger partial charge in [0.25, 0.3) is 0 Å². The average Bonchev–Trinajstić information content (AvgIpc) is 2.50. The monoisotopic (exact) mass is 259 g/mol. The number of anilines is 1. The normalized spacial score (nSPS) is 15.1. The van der Waals surface area contributed by atoms with Gasteiger partial charge in [-0.1, -0.05) is 22.9 Å². The minimum Gasteiger partial charge on any atom is -0.353 e. The van der Waals surface area contributed by atoms with Crippen molar-refractivity contribution >= 4 is 21.9 Å². The van der Waals surface area contributed by atoms with Crippen molar-refractivity contribution in [1.82, 2.24) is 9.55 Å². The molecule has 0 radical (unpaired) electrons. The average molecular weight is 260 g/mol. The van der Waals surface area contributed by atoms with Gasteiger partial charge in [-0.05, 0) is 20.3 Å². The SMILES string of the molecule is CCn1ccnc1NC(C)CC(C)Br. The molecule has 1 N–H and O–H groups in total. The molecule has 0 amide bonds. The predicted octanol–water partition coefficient (Wildman–Crippen LogP) is 2.88. The van der Waals surface area contributed by atoms with E-state index in [9.17, 15) is 0 Å². The number of nitrogens with one attached hydrogen (secondary N) is 1. The molecule has 2 unspecified atom stereocenters. The highest BCUT2D eigenvalue weighted by Gasteiger charge is 2.08. The number of aromatic nitrogens is 2. The molecule has 1 aromatic rings. The quantitative estimate of drug-likeness (QED) is 0.825. The van der Waals surface area contributed by atoms with Gasteiger partial charge in [-0.25, -0.2) is 4.98 Å². The van der Waals surface area contributed by atoms with Crippen LogP contribution in [-0.4, -0.2) is 20.4 Å². The Morgan fingerprint density at radius 2 is 2.29 bits per heavy atom. The van der Waals surface area contributed by atoms with Gasteiger partial charge in [0.05, 0.1) is 0 Å². The van der Waals surface area contributed by atoms with Crippen LogP contribution in [-0.2, 0) is 6.54 Å². The largest absolute Gasteiger partial charge is 0.353 e. The number of hydrogen-bond acceptors (Lipinski definition) is 2. The molecule has 1 rings (SSSR count). The summed E-state index contributed by atoms with van der Waals surface area (Å²) in [6.07, 6.45) is 4.92. The van der Waals surface area contributed by atoms with Crippen molar-refractivity contribution in [2.24, 2.45) is 0 Å². The van der Waals surface area contributed by atoms with Crippen LogP contribution in [0.5, 0.6) is 0 Å². The van der Waals surface area contributed by atoms with Crippen LogP contribution in [0.2, 0.25) is 0 Å². The van der Waals surface area contributed by atoms with Gasteiger partial charge >= 0.3 is 0 Å². The van der Waals surface area contributed by atoms with Crippen LogP contribution in [0.1, 0.15) is 27.2 Å². The third kappa shape index (κ3) is 3.33. The van der Waals surface area contributed by atoms with Crippen molar-refractivity contribution in [3.05, 3.63) is 12.4 Å². The molecule has 0 bridgehead atoms. The van der Waals surface area contributed by atoms with E-state index in [2.05, 4.69) is 51.6 Å². The molecule has 1 heterocycles. The fourth-order valence-electron chi connectivity index (χ4n) is 1.47. The molecular weight excluding hydrogens is 242 g/mol. The maximum Gasteiger partial charge on any atom is 0.202 e. The lowest BCUT2D eigenvalue weighted by atomic mass is 10.2. The van der Waals surface area contributed by atoms with Gasteiger partial charge in [0.15, 0.2) is 0 Å². The number of imidazole rings is 1. The molecule has 0 aromatic carbocycles. The second-order valence-electron chi connectivity index (χ2n) is 3.60. The molecule has 0 aliphatic rings. The zero-order valence-electron chi connectivity index (χ0n) is 9.00. The Balaban J connectivity index is 2.51. The number of alkyl halides is 1. The highest BCUT2D eigenvalue weighted by Crippen LogP contribution is 2.12. The minimum absolute atomic E-state index is 0.442. The Morgan fingerprint density at radius 3 is 2.86 bits per heavy atom. The smallest absolute Gasteiger partial charge is 0.202 e. The van der Waals surface area contributed by atoms with E-state index >= 15 is 0 Å². The molecule has 0 saturated heterocycles. The minimum atomic E-state index is 0.442. The number of hydrogen-bond donors (Lipinski definition) is 1. The summed E-state index contributed by atoms with van der Waals surface area (Å²) in [6.45, 7) is 7.40. The Labute approximate surface area is 94.0 Å². The first-order chi connectivity index (χ1) is 6.63. The maximum absolute atomic E-state index is 4.27. The molecule has 4 heteroatoms. The van der Waals surface area contributed by atoms with E-state index in [1.807, 2.05) is 12.4 Å². The molecule has 1 aromatic heterocycles. The first kappa shape index (κ1) is 11.6. The van der Waals surface area contributed by atoms with Crippen LogP contribution in [0.25, 0.3) is 0 Å². The summed E-state index contributed by atoms with van der Waals surface area (Å²) in [7, 11) is 0. The number of rotatable bonds is 5. The van der Waals surface area contributed by atoms with E-state index in [4.69, 9.17) is 0 Å². The van der Waals surface area contributed by atoms with Crippen LogP contribution in [0.15, 0.2) is 12.4 Å². The van der Waals surface area contributed by atoms with E-state index < -0.39 is 0 Å². The molecule has 3 nitrogen and oxygen atoms in total. The fraction of sp³-hybridized carbons (Fsp3) is 0.700. The zero-order valence-corrected chi connectivity index (χ0v) is 10.6. The molecular formula is C10H18BrN3. The first-order valence-electron chi connectivity index (χ1n) is 5.05. The molecule has 14 heavy (non-hydrogen) atoms. The van der Waals surface area contributed by atoms with E-state index in [0.29, 0.717) is 10.9 Å². The first-order valence-corrected chi connectivity index (χ1v) is 5.96. The Bertz CT molecular complexity index is 270. The Hall–Kier alpha value is -0.510. The van der Waals surface area contributed by atoms with Crippen LogP contribution in [0.4, 0.5) is 5.95 Å². The second-order valence-corrected chi connectivity index (χ2v) is 5.16. The van der Waals surface area contributed by atoms with Crippen molar-refractivity contribution in [2.45, 2.75) is 44.6 Å². The number of nitrogens with zero attached hydrogens (tertiary/aromatic N) is 2. The fourth-order valence-corrected chi connectivity index (χ4v) is 2.03. The lowest BCUT2D eigenvalue weighted by Gasteiger charge is -2.16. The third-order valence-corrected chi connectivity index (χ3v) is 2.48. The maximum atomic E-state index is 4.27. The summed E-state index contributed by atoms with van der Waals surface area (Å²) in [6, 6.07) is 0.442. The van der Waals surface area contributed by atoms with E-state index in [1.54, 1.807) is 0 Å². The van der Waals surface area contributed by atoms with Crippen molar-refractivity contribution < 1.29 is 0 Å². The summed E-state index contributed by atoms with van der Waals surface area (Å²) in [5, 5.41) is 3.39. The lowest BCUT2D eigenvalue weighted by molar-refractivity contribution is 0.680. The van der Waals surface area contributed by atoms with Crippen molar-refractivity contribution in [3.63, 3.8) is 0 Å². The van der Waals surface area contributed by atoms with Gasteiger partial charge < -0.3 is 9.88 Å². The number of aryl methyl sites for hydroxylation is 1. The highest BCUT2D eigenvalue weighted by atomic mass is 79.9.